The molecule has 3 amide bonds. The number of hydrogen-bond acceptors (Lipinski definition) is 6. The van der Waals surface area contributed by atoms with Crippen molar-refractivity contribution in [1.29, 1.82) is 0 Å². The number of ether oxygens (including phenoxy) is 1. The average Bonchev–Trinajstić information content (AvgIpc) is 3.27. The van der Waals surface area contributed by atoms with Gasteiger partial charge in [0.1, 0.15) is 11.7 Å². The third-order valence-electron chi connectivity index (χ3n) is 6.11. The second-order valence-corrected chi connectivity index (χ2v) is 9.65. The first-order valence-electron chi connectivity index (χ1n) is 11.6. The zero-order valence-electron chi connectivity index (χ0n) is 19.6. The zero-order valence-corrected chi connectivity index (χ0v) is 21.1. The summed E-state index contributed by atoms with van der Waals surface area (Å²) in [5, 5.41) is 21.3. The molecule has 34 heavy (non-hydrogen) atoms. The summed E-state index contributed by atoms with van der Waals surface area (Å²) in [5.74, 6) is -0.155. The number of nitrogens with two attached hydrogens (primary N) is 1. The van der Waals surface area contributed by atoms with Gasteiger partial charge in [0, 0.05) is 17.6 Å². The molecule has 4 atom stereocenters. The van der Waals surface area contributed by atoms with Gasteiger partial charge in [-0.2, -0.15) is 0 Å². The number of primary amides is 1. The molecule has 10 nitrogen and oxygen atoms in total. The molecule has 1 unspecified atom stereocenters. The van der Waals surface area contributed by atoms with Gasteiger partial charge < -0.3 is 25.8 Å². The van der Waals surface area contributed by atoms with Gasteiger partial charge in [-0.25, -0.2) is 9.48 Å². The van der Waals surface area contributed by atoms with Crippen molar-refractivity contribution in [3.63, 3.8) is 0 Å². The van der Waals surface area contributed by atoms with E-state index < -0.39 is 18.2 Å². The molecule has 2 aromatic rings. The van der Waals surface area contributed by atoms with Crippen molar-refractivity contribution in [2.24, 2.45) is 11.7 Å². The van der Waals surface area contributed by atoms with Gasteiger partial charge in [0.2, 0.25) is 5.91 Å². The van der Waals surface area contributed by atoms with Gasteiger partial charge in [-0.1, -0.05) is 53.5 Å². The summed E-state index contributed by atoms with van der Waals surface area (Å²) in [7, 11) is 0. The van der Waals surface area contributed by atoms with Crippen molar-refractivity contribution in [2.45, 2.75) is 64.5 Å². The summed E-state index contributed by atoms with van der Waals surface area (Å²) in [5.41, 5.74) is 6.72. The van der Waals surface area contributed by atoms with E-state index in [1.165, 1.54) is 0 Å². The maximum atomic E-state index is 13.0. The molecule has 0 aliphatic carbocycles. The van der Waals surface area contributed by atoms with E-state index >= 15 is 0 Å². The highest BCUT2D eigenvalue weighted by Crippen LogP contribution is 2.20. The smallest absolute Gasteiger partial charge is 0.312 e. The lowest BCUT2D eigenvalue weighted by Crippen LogP contribution is -2.55. The highest BCUT2D eigenvalue weighted by molar-refractivity contribution is 9.10. The van der Waals surface area contributed by atoms with Crippen LogP contribution in [0.4, 0.5) is 4.79 Å². The van der Waals surface area contributed by atoms with Gasteiger partial charge in [0.15, 0.2) is 0 Å². The molecule has 0 bridgehead atoms. The van der Waals surface area contributed by atoms with Gasteiger partial charge in [-0.15, -0.1) is 5.10 Å². The Morgan fingerprint density at radius 3 is 2.91 bits per heavy atom. The quantitative estimate of drug-likeness (QED) is 0.426. The Balaban J connectivity index is 1.52. The van der Waals surface area contributed by atoms with Gasteiger partial charge in [0.25, 0.3) is 0 Å². The van der Waals surface area contributed by atoms with E-state index in [0.717, 1.165) is 29.3 Å². The first kappa shape index (κ1) is 26.1. The highest BCUT2D eigenvalue weighted by atomic mass is 79.9. The summed E-state index contributed by atoms with van der Waals surface area (Å²) >= 11 is 3.41. The Bertz CT molecular complexity index is 970. The molecule has 2 heterocycles. The number of carbonyl (C=O) groups excluding carboxylic acids is 2. The number of halogens is 1. The molecule has 0 radical (unpaired) electrons. The summed E-state index contributed by atoms with van der Waals surface area (Å²) in [4.78, 5) is 26.2. The summed E-state index contributed by atoms with van der Waals surface area (Å²) in [6.45, 7) is 5.50. The Morgan fingerprint density at radius 1 is 1.41 bits per heavy atom. The molecular weight excluding hydrogens is 504 g/mol. The van der Waals surface area contributed by atoms with E-state index in [9.17, 15) is 14.7 Å². The van der Waals surface area contributed by atoms with Crippen LogP contribution < -0.4 is 11.1 Å². The number of hydrogen-bond donors (Lipinski definition) is 3. The van der Waals surface area contributed by atoms with Crippen molar-refractivity contribution >= 4 is 27.9 Å². The number of aliphatic hydroxyl groups is 1. The molecule has 1 aliphatic rings. The molecule has 4 N–H and O–H groups in total. The molecule has 0 spiro atoms. The average molecular weight is 537 g/mol. The summed E-state index contributed by atoms with van der Waals surface area (Å²) < 4.78 is 8.52. The van der Waals surface area contributed by atoms with Crippen LogP contribution in [0.2, 0.25) is 0 Å². The SMILES string of the molecule is CC[C@H](C)[C@H](NC(N)=O)C(=O)N1CCCC(OCc2cn(C[C@H](O)c3cccc(Br)c3)nn2)C1. The number of aromatic nitrogens is 3. The Morgan fingerprint density at radius 2 is 2.21 bits per heavy atom. The van der Waals surface area contributed by atoms with Crippen molar-refractivity contribution in [2.75, 3.05) is 13.1 Å². The minimum atomic E-state index is -0.710. The maximum absolute atomic E-state index is 13.0. The Labute approximate surface area is 208 Å². The first-order chi connectivity index (χ1) is 16.3. The predicted molar refractivity (Wildman–Crippen MR) is 129 cm³/mol. The van der Waals surface area contributed by atoms with Crippen LogP contribution in [0.5, 0.6) is 0 Å². The van der Waals surface area contributed by atoms with Crippen LogP contribution in [0.1, 0.15) is 50.5 Å². The van der Waals surface area contributed by atoms with E-state index in [4.69, 9.17) is 10.5 Å². The number of rotatable bonds is 10. The second kappa shape index (κ2) is 12.3. The van der Waals surface area contributed by atoms with Crippen LogP contribution in [0.3, 0.4) is 0 Å². The topological polar surface area (TPSA) is 136 Å². The minimum absolute atomic E-state index is 0.0244. The zero-order chi connectivity index (χ0) is 24.7. The van der Waals surface area contributed by atoms with Crippen molar-refractivity contribution in [1.82, 2.24) is 25.2 Å². The standard InChI is InChI=1S/C23H33BrN6O4/c1-3-15(2)21(26-23(25)33)22(32)29-9-5-8-19(12-29)34-14-18-11-30(28-27-18)13-20(31)16-6-4-7-17(24)10-16/h4,6-7,10-11,15,19-21,31H,3,5,8-9,12-14H2,1-2H3,(H3,25,26,33)/t15-,19?,20-,21-/m0/s1. The normalized spacial score (nSPS) is 18.8. The highest BCUT2D eigenvalue weighted by Gasteiger charge is 2.32. The number of nitrogens with zero attached hydrogens (tertiary/aromatic N) is 4. The number of amides is 3. The van der Waals surface area contributed by atoms with E-state index in [1.54, 1.807) is 15.8 Å². The lowest BCUT2D eigenvalue weighted by atomic mass is 9.96. The maximum Gasteiger partial charge on any atom is 0.312 e. The van der Waals surface area contributed by atoms with Crippen LogP contribution in [-0.2, 0) is 22.7 Å². The fourth-order valence-corrected chi connectivity index (χ4v) is 4.42. The number of nitrogens with one attached hydrogen (secondary N) is 1. The van der Waals surface area contributed by atoms with Crippen LogP contribution >= 0.6 is 15.9 Å². The molecule has 1 aromatic heterocycles. The number of aliphatic hydroxyl groups excluding tert-OH is 1. The predicted octanol–water partition coefficient (Wildman–Crippen LogP) is 2.36. The van der Waals surface area contributed by atoms with E-state index in [0.29, 0.717) is 18.8 Å². The van der Waals surface area contributed by atoms with Crippen LogP contribution in [0.25, 0.3) is 0 Å². The molecule has 0 saturated carbocycles. The Kier molecular flexibility index (Phi) is 9.43. The van der Waals surface area contributed by atoms with Gasteiger partial charge in [-0.3, -0.25) is 4.79 Å². The van der Waals surface area contributed by atoms with Crippen molar-refractivity contribution < 1.29 is 19.4 Å². The lowest BCUT2D eigenvalue weighted by molar-refractivity contribution is -0.138. The minimum Gasteiger partial charge on any atom is -0.386 e. The van der Waals surface area contributed by atoms with Crippen LogP contribution in [0, 0.1) is 5.92 Å². The third kappa shape index (κ3) is 7.25. The van der Waals surface area contributed by atoms with Crippen molar-refractivity contribution in [3.8, 4) is 0 Å². The molecule has 11 heteroatoms. The summed E-state index contributed by atoms with van der Waals surface area (Å²) in [6, 6.07) is 6.16. The second-order valence-electron chi connectivity index (χ2n) is 8.73. The third-order valence-corrected chi connectivity index (χ3v) is 6.61. The number of urea groups is 1. The number of likely N-dealkylation sites (tertiary alicyclic amines) is 1. The molecule has 1 saturated heterocycles. The van der Waals surface area contributed by atoms with Crippen LogP contribution in [-0.4, -0.2) is 62.2 Å². The number of benzene rings is 1. The Hall–Kier alpha value is -2.50. The fourth-order valence-electron chi connectivity index (χ4n) is 4.00. The summed E-state index contributed by atoms with van der Waals surface area (Å²) in [6.07, 6.45) is 3.29. The molecule has 1 aromatic carbocycles. The number of piperidine rings is 1. The van der Waals surface area contributed by atoms with Gasteiger partial charge >= 0.3 is 6.03 Å². The molecule has 1 aliphatic heterocycles. The van der Waals surface area contributed by atoms with E-state index in [1.807, 2.05) is 38.1 Å². The molecule has 1 fully saturated rings. The fraction of sp³-hybridized carbons (Fsp3) is 0.565. The van der Waals surface area contributed by atoms with Gasteiger partial charge in [0.05, 0.1) is 31.6 Å². The molecule has 3 rings (SSSR count). The number of carbonyl (C=O) groups is 2. The van der Waals surface area contributed by atoms with E-state index in [-0.39, 0.29) is 31.1 Å². The largest absolute Gasteiger partial charge is 0.386 e. The molecule has 186 valence electrons. The van der Waals surface area contributed by atoms with Gasteiger partial charge in [-0.05, 0) is 36.5 Å². The van der Waals surface area contributed by atoms with Crippen LogP contribution in [0.15, 0.2) is 34.9 Å². The van der Waals surface area contributed by atoms with Crippen molar-refractivity contribution in [3.05, 3.63) is 46.2 Å². The monoisotopic (exact) mass is 536 g/mol. The first-order valence-corrected chi connectivity index (χ1v) is 12.3. The van der Waals surface area contributed by atoms with E-state index in [2.05, 4.69) is 31.6 Å². The lowest BCUT2D eigenvalue weighted by Gasteiger charge is -2.36. The molecular formula is C23H33BrN6O4.